The first-order chi connectivity index (χ1) is 13.4. The van der Waals surface area contributed by atoms with E-state index in [-0.39, 0.29) is 23.9 Å². The molecule has 2 aromatic rings. The number of aromatic amines is 1. The Labute approximate surface area is 166 Å². The van der Waals surface area contributed by atoms with E-state index in [4.69, 9.17) is 7.85 Å². The molecule has 8 heteroatoms. The number of H-pyrrole nitrogens is 1. The van der Waals surface area contributed by atoms with Crippen molar-refractivity contribution in [2.24, 2.45) is 5.92 Å². The highest BCUT2D eigenvalue weighted by Gasteiger charge is 2.34. The van der Waals surface area contributed by atoms with Crippen molar-refractivity contribution in [2.75, 3.05) is 13.6 Å². The fourth-order valence-corrected chi connectivity index (χ4v) is 3.19. The van der Waals surface area contributed by atoms with Crippen molar-refractivity contribution in [3.63, 3.8) is 0 Å². The summed E-state index contributed by atoms with van der Waals surface area (Å²) < 4.78 is 0. The van der Waals surface area contributed by atoms with E-state index in [1.807, 2.05) is 50.3 Å². The third kappa shape index (κ3) is 4.11. The van der Waals surface area contributed by atoms with Crippen LogP contribution in [0.4, 0.5) is 4.79 Å². The Balaban J connectivity index is 1.80. The summed E-state index contributed by atoms with van der Waals surface area (Å²) in [7, 11) is 7.27. The van der Waals surface area contributed by atoms with E-state index in [0.717, 1.165) is 11.3 Å². The Morgan fingerprint density at radius 2 is 2.00 bits per heavy atom. The normalized spacial score (nSPS) is 17.0. The van der Waals surface area contributed by atoms with Gasteiger partial charge in [-0.05, 0) is 11.5 Å². The van der Waals surface area contributed by atoms with E-state index in [9.17, 15) is 9.59 Å². The Morgan fingerprint density at radius 1 is 1.29 bits per heavy atom. The summed E-state index contributed by atoms with van der Waals surface area (Å²) in [5, 5.41) is 5.24. The number of amides is 3. The maximum absolute atomic E-state index is 13.1. The van der Waals surface area contributed by atoms with Crippen molar-refractivity contribution in [2.45, 2.75) is 25.9 Å². The van der Waals surface area contributed by atoms with Crippen LogP contribution >= 0.6 is 0 Å². The summed E-state index contributed by atoms with van der Waals surface area (Å²) in [6.45, 7) is 4.28. The summed E-state index contributed by atoms with van der Waals surface area (Å²) in [6.07, 6.45) is 5.63. The molecule has 3 rings (SSSR count). The summed E-state index contributed by atoms with van der Waals surface area (Å²) in [6, 6.07) is 6.21. The lowest BCUT2D eigenvalue weighted by molar-refractivity contribution is -0.134. The second kappa shape index (κ2) is 8.33. The lowest BCUT2D eigenvalue weighted by Crippen LogP contribution is -2.53. The molecule has 3 N–H and O–H groups in total. The van der Waals surface area contributed by atoms with Gasteiger partial charge in [-0.3, -0.25) is 4.79 Å². The number of carbonyl (C=O) groups is 2. The van der Waals surface area contributed by atoms with Crippen LogP contribution in [0.3, 0.4) is 0 Å². The second-order valence-electron chi connectivity index (χ2n) is 7.11. The highest BCUT2D eigenvalue weighted by Crippen LogP contribution is 2.28. The van der Waals surface area contributed by atoms with Crippen molar-refractivity contribution in [3.05, 3.63) is 48.4 Å². The van der Waals surface area contributed by atoms with Gasteiger partial charge in [-0.25, -0.2) is 9.78 Å². The van der Waals surface area contributed by atoms with E-state index in [0.29, 0.717) is 17.8 Å². The molecule has 1 aliphatic heterocycles. The fourth-order valence-electron chi connectivity index (χ4n) is 3.19. The predicted octanol–water partition coefficient (Wildman–Crippen LogP) is 1.26. The molecule has 1 aromatic heterocycles. The maximum Gasteiger partial charge on any atom is 0.315 e. The average molecular weight is 377 g/mol. The first-order valence-electron chi connectivity index (χ1n) is 9.27. The van der Waals surface area contributed by atoms with Crippen molar-refractivity contribution in [1.82, 2.24) is 25.5 Å². The topological polar surface area (TPSA) is 90.1 Å². The molecule has 2 atom stereocenters. The number of aromatic nitrogens is 2. The third-order valence-corrected chi connectivity index (χ3v) is 4.78. The van der Waals surface area contributed by atoms with Gasteiger partial charge in [0.15, 0.2) is 0 Å². The number of urea groups is 1. The molecule has 1 aliphatic rings. The van der Waals surface area contributed by atoms with Crippen LogP contribution in [0.2, 0.25) is 0 Å². The van der Waals surface area contributed by atoms with Crippen LogP contribution in [0, 0.1) is 5.92 Å². The van der Waals surface area contributed by atoms with Crippen molar-refractivity contribution in [3.8, 4) is 11.3 Å². The summed E-state index contributed by atoms with van der Waals surface area (Å²) in [4.78, 5) is 34.4. The van der Waals surface area contributed by atoms with Gasteiger partial charge in [-0.15, -0.1) is 0 Å². The van der Waals surface area contributed by atoms with E-state index < -0.39 is 6.04 Å². The minimum atomic E-state index is -0.617. The zero-order valence-corrected chi connectivity index (χ0v) is 16.3. The van der Waals surface area contributed by atoms with Gasteiger partial charge in [-0.1, -0.05) is 55.7 Å². The smallest absolute Gasteiger partial charge is 0.315 e. The van der Waals surface area contributed by atoms with Crippen LogP contribution in [0.5, 0.6) is 0 Å². The van der Waals surface area contributed by atoms with Crippen LogP contribution in [-0.4, -0.2) is 54.3 Å². The van der Waals surface area contributed by atoms with Crippen LogP contribution in [-0.2, 0) is 4.79 Å². The van der Waals surface area contributed by atoms with Crippen molar-refractivity contribution < 1.29 is 9.59 Å². The zero-order chi connectivity index (χ0) is 20.3. The molecule has 0 bridgehead atoms. The average Bonchev–Trinajstić information content (AvgIpc) is 3.34. The largest absolute Gasteiger partial charge is 0.341 e. The van der Waals surface area contributed by atoms with E-state index in [1.54, 1.807) is 11.1 Å². The van der Waals surface area contributed by atoms with Gasteiger partial charge >= 0.3 is 6.03 Å². The van der Waals surface area contributed by atoms with E-state index in [1.165, 1.54) is 7.05 Å². The number of benzene rings is 1. The minimum absolute atomic E-state index is 0.0482. The van der Waals surface area contributed by atoms with Crippen LogP contribution in [0.25, 0.3) is 11.3 Å². The van der Waals surface area contributed by atoms with Gasteiger partial charge in [0.05, 0.1) is 11.9 Å². The molecule has 0 fully saturated rings. The number of hydrogen-bond acceptors (Lipinski definition) is 3. The Bertz CT molecular complexity index is 875. The molecule has 2 heterocycles. The highest BCUT2D eigenvalue weighted by molar-refractivity contribution is 6.32. The molecule has 0 saturated heterocycles. The maximum atomic E-state index is 13.1. The fraction of sp³-hybridized carbons (Fsp3) is 0.350. The molecule has 144 valence electrons. The minimum Gasteiger partial charge on any atom is -0.341 e. The SMILES string of the molecule is [B]c1ccc(-c2cnc([C@@H]3C=CCN3C(=O)C(NC(=O)NC)C(C)C)[nH]2)cc1. The quantitative estimate of drug-likeness (QED) is 0.541. The number of imidazole rings is 1. The van der Waals surface area contributed by atoms with Gasteiger partial charge in [0.25, 0.3) is 0 Å². The molecule has 3 amide bonds. The van der Waals surface area contributed by atoms with Gasteiger partial charge in [0, 0.05) is 13.6 Å². The summed E-state index contributed by atoms with van der Waals surface area (Å²) in [5.41, 5.74) is 2.52. The molecule has 1 unspecified atom stereocenters. The number of nitrogens with one attached hydrogen (secondary N) is 3. The first-order valence-corrected chi connectivity index (χ1v) is 9.27. The lowest BCUT2D eigenvalue weighted by atomic mass is 9.95. The molecular weight excluding hydrogens is 353 g/mol. The summed E-state index contributed by atoms with van der Waals surface area (Å²) in [5.74, 6) is 0.489. The van der Waals surface area contributed by atoms with Gasteiger partial charge < -0.3 is 20.5 Å². The highest BCUT2D eigenvalue weighted by atomic mass is 16.2. The summed E-state index contributed by atoms with van der Waals surface area (Å²) >= 11 is 0. The second-order valence-corrected chi connectivity index (χ2v) is 7.11. The number of rotatable bonds is 5. The lowest BCUT2D eigenvalue weighted by Gasteiger charge is -2.30. The Morgan fingerprint density at radius 3 is 2.64 bits per heavy atom. The van der Waals surface area contributed by atoms with Crippen LogP contribution in [0.1, 0.15) is 25.7 Å². The van der Waals surface area contributed by atoms with Crippen molar-refractivity contribution >= 4 is 25.2 Å². The molecule has 0 saturated carbocycles. The van der Waals surface area contributed by atoms with Crippen LogP contribution in [0.15, 0.2) is 42.6 Å². The number of carbonyl (C=O) groups excluding carboxylic acids is 2. The van der Waals surface area contributed by atoms with Crippen LogP contribution < -0.4 is 16.1 Å². The Kier molecular flexibility index (Phi) is 5.87. The van der Waals surface area contributed by atoms with Gasteiger partial charge in [-0.2, -0.15) is 0 Å². The molecule has 0 aliphatic carbocycles. The standard InChI is InChI=1S/C20H24BN5O2/c1-12(2)17(25-20(28)22-3)19(27)26-10-4-5-16(26)18-23-11-15(24-18)13-6-8-14(21)9-7-13/h4-9,11-12,16-17H,10H2,1-3H3,(H,23,24)(H2,22,25,28)/t16-,17?/m0/s1. The van der Waals surface area contributed by atoms with Gasteiger partial charge in [0.1, 0.15) is 25.8 Å². The Hall–Kier alpha value is -3.03. The van der Waals surface area contributed by atoms with Gasteiger partial charge in [0.2, 0.25) is 5.91 Å². The molecule has 2 radical (unpaired) electrons. The molecule has 28 heavy (non-hydrogen) atoms. The number of hydrogen-bond donors (Lipinski definition) is 3. The number of nitrogens with zero attached hydrogens (tertiary/aromatic N) is 2. The zero-order valence-electron chi connectivity index (χ0n) is 16.3. The van der Waals surface area contributed by atoms with E-state index >= 15 is 0 Å². The molecule has 0 spiro atoms. The third-order valence-electron chi connectivity index (χ3n) is 4.78. The predicted molar refractivity (Wildman–Crippen MR) is 109 cm³/mol. The van der Waals surface area contributed by atoms with E-state index in [2.05, 4.69) is 20.6 Å². The first kappa shape index (κ1) is 19.7. The molecular formula is C20H24BN5O2. The van der Waals surface area contributed by atoms with Crippen molar-refractivity contribution in [1.29, 1.82) is 0 Å². The monoisotopic (exact) mass is 377 g/mol. The molecule has 7 nitrogen and oxygen atoms in total. The molecule has 1 aromatic carbocycles.